The Hall–Kier alpha value is -0.350. The molecule has 78 valence electrons. The predicted octanol–water partition coefficient (Wildman–Crippen LogP) is 3.25. The average molecular weight is 277 g/mol. The molecule has 1 aromatic rings. The van der Waals surface area contributed by atoms with Gasteiger partial charge >= 0.3 is 5.97 Å². The molecule has 14 heavy (non-hydrogen) atoms. The van der Waals surface area contributed by atoms with Crippen molar-refractivity contribution in [2.45, 2.75) is 26.4 Å². The third-order valence-corrected chi connectivity index (χ3v) is 3.07. The molecule has 0 spiro atoms. The first-order valence-corrected chi connectivity index (χ1v) is 6.43. The highest BCUT2D eigenvalue weighted by atomic mass is 79.9. The standard InChI is InChI=1S/C10H13BrO2S/c1-7(2)13-10(12)9-4-3-8(14-9)5-6-11/h3-4,7H,5-6H2,1-2H3. The molecule has 0 aliphatic rings. The lowest BCUT2D eigenvalue weighted by molar-refractivity contribution is 0.0384. The maximum Gasteiger partial charge on any atom is 0.348 e. The van der Waals surface area contributed by atoms with Crippen LogP contribution in [-0.4, -0.2) is 17.4 Å². The second kappa shape index (κ2) is 5.51. The third kappa shape index (κ3) is 3.42. The summed E-state index contributed by atoms with van der Waals surface area (Å²) in [5.74, 6) is -0.217. The minimum Gasteiger partial charge on any atom is -0.459 e. The molecule has 0 bridgehead atoms. The van der Waals surface area contributed by atoms with Crippen LogP contribution in [0.4, 0.5) is 0 Å². The molecule has 1 rings (SSSR count). The molecule has 0 aliphatic carbocycles. The fourth-order valence-electron chi connectivity index (χ4n) is 0.987. The molecule has 0 amide bonds. The van der Waals surface area contributed by atoms with Crippen LogP contribution in [0, 0.1) is 0 Å². The summed E-state index contributed by atoms with van der Waals surface area (Å²) in [5.41, 5.74) is 0. The Morgan fingerprint density at radius 2 is 2.29 bits per heavy atom. The number of aryl methyl sites for hydroxylation is 1. The van der Waals surface area contributed by atoms with E-state index < -0.39 is 0 Å². The quantitative estimate of drug-likeness (QED) is 0.623. The summed E-state index contributed by atoms with van der Waals surface area (Å²) in [5, 5.41) is 0.923. The topological polar surface area (TPSA) is 26.3 Å². The van der Waals surface area contributed by atoms with Crippen LogP contribution < -0.4 is 0 Å². The van der Waals surface area contributed by atoms with Crippen LogP contribution >= 0.6 is 27.3 Å². The van der Waals surface area contributed by atoms with E-state index in [0.29, 0.717) is 4.88 Å². The summed E-state index contributed by atoms with van der Waals surface area (Å²) < 4.78 is 5.09. The molecule has 0 saturated carbocycles. The summed E-state index contributed by atoms with van der Waals surface area (Å²) in [6.07, 6.45) is 0.906. The van der Waals surface area contributed by atoms with Gasteiger partial charge in [-0.1, -0.05) is 15.9 Å². The average Bonchev–Trinajstić information content (AvgIpc) is 2.52. The molecular formula is C10H13BrO2S. The second-order valence-electron chi connectivity index (χ2n) is 3.16. The molecule has 0 aliphatic heterocycles. The minimum atomic E-state index is -0.217. The zero-order valence-corrected chi connectivity index (χ0v) is 10.7. The fraction of sp³-hybridized carbons (Fsp3) is 0.500. The van der Waals surface area contributed by atoms with Crippen LogP contribution in [0.15, 0.2) is 12.1 Å². The van der Waals surface area contributed by atoms with E-state index in [4.69, 9.17) is 4.74 Å². The third-order valence-electron chi connectivity index (χ3n) is 1.55. The van der Waals surface area contributed by atoms with Crippen LogP contribution in [0.1, 0.15) is 28.4 Å². The van der Waals surface area contributed by atoms with Gasteiger partial charge in [0, 0.05) is 10.2 Å². The zero-order chi connectivity index (χ0) is 10.6. The van der Waals surface area contributed by atoms with E-state index in [0.717, 1.165) is 11.8 Å². The monoisotopic (exact) mass is 276 g/mol. The molecule has 0 N–H and O–H groups in total. The molecule has 2 nitrogen and oxygen atoms in total. The zero-order valence-electron chi connectivity index (χ0n) is 8.25. The highest BCUT2D eigenvalue weighted by molar-refractivity contribution is 9.09. The molecule has 0 atom stereocenters. The molecule has 1 heterocycles. The van der Waals surface area contributed by atoms with E-state index >= 15 is 0 Å². The summed E-state index contributed by atoms with van der Waals surface area (Å²) >= 11 is 4.87. The van der Waals surface area contributed by atoms with E-state index in [1.807, 2.05) is 26.0 Å². The Bertz CT molecular complexity index is 307. The van der Waals surface area contributed by atoms with Crippen molar-refractivity contribution in [3.8, 4) is 0 Å². The highest BCUT2D eigenvalue weighted by Crippen LogP contribution is 2.19. The van der Waals surface area contributed by atoms with Crippen molar-refractivity contribution in [1.29, 1.82) is 0 Å². The highest BCUT2D eigenvalue weighted by Gasteiger charge is 2.11. The van der Waals surface area contributed by atoms with Gasteiger partial charge in [0.25, 0.3) is 0 Å². The summed E-state index contributed by atoms with van der Waals surface area (Å²) in [6.45, 7) is 3.70. The van der Waals surface area contributed by atoms with Gasteiger partial charge in [-0.05, 0) is 32.4 Å². The van der Waals surface area contributed by atoms with Crippen LogP contribution in [0.5, 0.6) is 0 Å². The Kier molecular flexibility index (Phi) is 4.62. The van der Waals surface area contributed by atoms with Gasteiger partial charge in [0.05, 0.1) is 6.10 Å². The molecule has 1 aromatic heterocycles. The van der Waals surface area contributed by atoms with Crippen molar-refractivity contribution in [3.05, 3.63) is 21.9 Å². The van der Waals surface area contributed by atoms with Gasteiger partial charge in [0.15, 0.2) is 0 Å². The number of rotatable bonds is 4. The van der Waals surface area contributed by atoms with Crippen molar-refractivity contribution >= 4 is 33.2 Å². The van der Waals surface area contributed by atoms with Gasteiger partial charge in [-0.2, -0.15) is 0 Å². The number of hydrogen-bond acceptors (Lipinski definition) is 3. The molecular weight excluding hydrogens is 264 g/mol. The van der Waals surface area contributed by atoms with Crippen molar-refractivity contribution in [1.82, 2.24) is 0 Å². The molecule has 4 heteroatoms. The van der Waals surface area contributed by atoms with Crippen molar-refractivity contribution in [2.24, 2.45) is 0 Å². The van der Waals surface area contributed by atoms with Crippen LogP contribution in [0.2, 0.25) is 0 Å². The van der Waals surface area contributed by atoms with E-state index in [2.05, 4.69) is 15.9 Å². The Morgan fingerprint density at radius 3 is 2.86 bits per heavy atom. The van der Waals surface area contributed by atoms with E-state index in [9.17, 15) is 4.79 Å². The van der Waals surface area contributed by atoms with Gasteiger partial charge in [-0.3, -0.25) is 0 Å². The van der Waals surface area contributed by atoms with E-state index in [1.165, 1.54) is 16.2 Å². The van der Waals surface area contributed by atoms with Crippen molar-refractivity contribution in [3.63, 3.8) is 0 Å². The second-order valence-corrected chi connectivity index (χ2v) is 5.12. The Morgan fingerprint density at radius 1 is 1.57 bits per heavy atom. The lowest BCUT2D eigenvalue weighted by Crippen LogP contribution is -2.09. The van der Waals surface area contributed by atoms with Crippen LogP contribution in [0.3, 0.4) is 0 Å². The Labute approximate surface area is 96.4 Å². The first-order valence-electron chi connectivity index (χ1n) is 4.49. The molecule has 0 fully saturated rings. The van der Waals surface area contributed by atoms with Crippen LogP contribution in [0.25, 0.3) is 0 Å². The SMILES string of the molecule is CC(C)OC(=O)c1ccc(CCBr)s1. The number of halogens is 1. The summed E-state index contributed by atoms with van der Waals surface area (Å²) in [6, 6.07) is 3.80. The van der Waals surface area contributed by atoms with Crippen molar-refractivity contribution in [2.75, 3.05) is 5.33 Å². The molecule has 0 saturated heterocycles. The number of alkyl halides is 1. The molecule has 0 unspecified atom stereocenters. The number of esters is 1. The maximum absolute atomic E-state index is 11.4. The molecule has 0 radical (unpaired) electrons. The lowest BCUT2D eigenvalue weighted by atomic mass is 10.3. The number of carbonyl (C=O) groups is 1. The fourth-order valence-corrected chi connectivity index (χ4v) is 2.57. The lowest BCUT2D eigenvalue weighted by Gasteiger charge is -2.05. The number of hydrogen-bond donors (Lipinski definition) is 0. The number of thiophene rings is 1. The van der Waals surface area contributed by atoms with Crippen molar-refractivity contribution < 1.29 is 9.53 Å². The van der Waals surface area contributed by atoms with Gasteiger partial charge in [-0.25, -0.2) is 4.79 Å². The van der Waals surface area contributed by atoms with E-state index in [-0.39, 0.29) is 12.1 Å². The Balaban J connectivity index is 2.62. The normalized spacial score (nSPS) is 10.6. The van der Waals surface area contributed by atoms with Gasteiger partial charge in [-0.15, -0.1) is 11.3 Å². The van der Waals surface area contributed by atoms with Gasteiger partial charge in [0.2, 0.25) is 0 Å². The first kappa shape index (κ1) is 11.7. The first-order chi connectivity index (χ1) is 6.63. The van der Waals surface area contributed by atoms with E-state index in [1.54, 1.807) is 0 Å². The number of carbonyl (C=O) groups excluding carboxylic acids is 1. The van der Waals surface area contributed by atoms with Crippen LogP contribution in [-0.2, 0) is 11.2 Å². The minimum absolute atomic E-state index is 0.0516. The maximum atomic E-state index is 11.4. The largest absolute Gasteiger partial charge is 0.459 e. The molecule has 0 aromatic carbocycles. The summed E-state index contributed by atoms with van der Waals surface area (Å²) in [4.78, 5) is 13.3. The predicted molar refractivity (Wildman–Crippen MR) is 62.4 cm³/mol. The van der Waals surface area contributed by atoms with Gasteiger partial charge in [0.1, 0.15) is 4.88 Å². The summed E-state index contributed by atoms with van der Waals surface area (Å²) in [7, 11) is 0. The smallest absolute Gasteiger partial charge is 0.348 e. The number of ether oxygens (including phenoxy) is 1. The van der Waals surface area contributed by atoms with Gasteiger partial charge < -0.3 is 4.74 Å².